The maximum Gasteiger partial charge on any atom is 0.315 e. The van der Waals surface area contributed by atoms with Crippen LogP contribution in [0, 0.1) is 5.82 Å². The molecule has 0 bridgehead atoms. The van der Waals surface area contributed by atoms with Gasteiger partial charge in [-0.15, -0.1) is 0 Å². The van der Waals surface area contributed by atoms with Crippen LogP contribution >= 0.6 is 0 Å². The fraction of sp³-hybridized carbons (Fsp3) is 0.222. The molecule has 1 aliphatic rings. The summed E-state index contributed by atoms with van der Waals surface area (Å²) in [7, 11) is 0. The first kappa shape index (κ1) is 16.0. The van der Waals surface area contributed by atoms with E-state index >= 15 is 0 Å². The van der Waals surface area contributed by atoms with Crippen molar-refractivity contribution in [1.82, 2.24) is 10.6 Å². The molecule has 1 atom stereocenters. The average Bonchev–Trinajstić information content (AvgIpc) is 2.94. The number of urea groups is 1. The van der Waals surface area contributed by atoms with Gasteiger partial charge in [-0.25, -0.2) is 9.18 Å². The summed E-state index contributed by atoms with van der Waals surface area (Å²) >= 11 is 0. The molecule has 6 heteroatoms. The Labute approximate surface area is 139 Å². The van der Waals surface area contributed by atoms with E-state index in [9.17, 15) is 14.0 Å². The molecule has 2 N–H and O–H groups in total. The fourth-order valence-corrected chi connectivity index (χ4v) is 2.73. The number of amides is 3. The molecule has 1 heterocycles. The normalized spacial score (nSPS) is 17.0. The molecule has 1 saturated heterocycles. The lowest BCUT2D eigenvalue weighted by molar-refractivity contribution is -0.117. The van der Waals surface area contributed by atoms with Gasteiger partial charge in [0.1, 0.15) is 5.82 Å². The maximum atomic E-state index is 13.1. The van der Waals surface area contributed by atoms with Crippen LogP contribution in [0.3, 0.4) is 0 Å². The van der Waals surface area contributed by atoms with E-state index in [1.54, 1.807) is 17.0 Å². The lowest BCUT2D eigenvalue weighted by atomic mass is 10.2. The van der Waals surface area contributed by atoms with Gasteiger partial charge in [0, 0.05) is 25.2 Å². The predicted octanol–water partition coefficient (Wildman–Crippen LogP) is 2.43. The summed E-state index contributed by atoms with van der Waals surface area (Å²) in [5, 5.41) is 5.46. The second-order valence-corrected chi connectivity index (χ2v) is 5.70. The van der Waals surface area contributed by atoms with Crippen molar-refractivity contribution in [3.63, 3.8) is 0 Å². The topological polar surface area (TPSA) is 61.4 Å². The Hall–Kier alpha value is -2.89. The van der Waals surface area contributed by atoms with Gasteiger partial charge < -0.3 is 15.5 Å². The number of nitrogens with zero attached hydrogens (tertiary/aromatic N) is 1. The van der Waals surface area contributed by atoms with Gasteiger partial charge >= 0.3 is 6.03 Å². The Bertz CT molecular complexity index is 736. The molecule has 1 aliphatic heterocycles. The van der Waals surface area contributed by atoms with Crippen LogP contribution in [0.1, 0.15) is 12.0 Å². The van der Waals surface area contributed by atoms with Gasteiger partial charge in [-0.3, -0.25) is 4.79 Å². The quantitative estimate of drug-likeness (QED) is 0.906. The first-order chi connectivity index (χ1) is 11.6. The molecular formula is C18H18FN3O2. The largest absolute Gasteiger partial charge is 0.334 e. The minimum Gasteiger partial charge on any atom is -0.334 e. The van der Waals surface area contributed by atoms with Crippen LogP contribution in [-0.2, 0) is 11.3 Å². The molecule has 1 fully saturated rings. The van der Waals surface area contributed by atoms with Crippen molar-refractivity contribution < 1.29 is 14.0 Å². The van der Waals surface area contributed by atoms with Gasteiger partial charge in [0.2, 0.25) is 5.91 Å². The monoisotopic (exact) mass is 327 g/mol. The zero-order valence-corrected chi connectivity index (χ0v) is 13.0. The van der Waals surface area contributed by atoms with Crippen LogP contribution in [0.5, 0.6) is 0 Å². The van der Waals surface area contributed by atoms with Crippen molar-refractivity contribution in [2.45, 2.75) is 19.0 Å². The van der Waals surface area contributed by atoms with E-state index in [0.717, 1.165) is 5.69 Å². The number of nitrogens with one attached hydrogen (secondary N) is 2. The first-order valence-electron chi connectivity index (χ1n) is 7.76. The Morgan fingerprint density at radius 3 is 2.71 bits per heavy atom. The molecule has 0 aromatic heterocycles. The maximum absolute atomic E-state index is 13.1. The number of hydrogen-bond donors (Lipinski definition) is 2. The van der Waals surface area contributed by atoms with Crippen LogP contribution in [0.15, 0.2) is 54.6 Å². The minimum absolute atomic E-state index is 0.0170. The van der Waals surface area contributed by atoms with Crippen LogP contribution in [-0.4, -0.2) is 24.5 Å². The lowest BCUT2D eigenvalue weighted by Crippen LogP contribution is -2.43. The van der Waals surface area contributed by atoms with Crippen molar-refractivity contribution in [1.29, 1.82) is 0 Å². The zero-order valence-electron chi connectivity index (χ0n) is 13.0. The van der Waals surface area contributed by atoms with Gasteiger partial charge in [-0.1, -0.05) is 30.3 Å². The van der Waals surface area contributed by atoms with E-state index in [1.165, 1.54) is 12.1 Å². The molecule has 124 valence electrons. The van der Waals surface area contributed by atoms with E-state index in [1.807, 2.05) is 30.3 Å². The molecule has 0 aliphatic carbocycles. The molecule has 5 nitrogen and oxygen atoms in total. The number of anilines is 1. The van der Waals surface area contributed by atoms with Crippen molar-refractivity contribution >= 4 is 17.6 Å². The van der Waals surface area contributed by atoms with Gasteiger partial charge in [-0.05, 0) is 29.8 Å². The summed E-state index contributed by atoms with van der Waals surface area (Å²) < 4.78 is 13.1. The summed E-state index contributed by atoms with van der Waals surface area (Å²) in [5.74, 6) is -0.355. The molecule has 2 aromatic carbocycles. The van der Waals surface area contributed by atoms with Crippen LogP contribution in [0.25, 0.3) is 0 Å². The zero-order chi connectivity index (χ0) is 16.9. The van der Waals surface area contributed by atoms with Crippen LogP contribution < -0.4 is 15.5 Å². The fourth-order valence-electron chi connectivity index (χ4n) is 2.73. The second-order valence-electron chi connectivity index (χ2n) is 5.70. The number of benzene rings is 2. The number of halogens is 1. The number of para-hydroxylation sites is 1. The summed E-state index contributed by atoms with van der Waals surface area (Å²) in [6.45, 7) is 0.670. The number of rotatable bonds is 4. The van der Waals surface area contributed by atoms with Crippen molar-refractivity contribution in [3.05, 3.63) is 66.0 Å². The Morgan fingerprint density at radius 2 is 1.96 bits per heavy atom. The summed E-state index contributed by atoms with van der Waals surface area (Å²) in [6, 6.07) is 14.8. The third kappa shape index (κ3) is 3.90. The third-order valence-electron chi connectivity index (χ3n) is 3.87. The molecular weight excluding hydrogens is 309 g/mol. The Kier molecular flexibility index (Phi) is 4.74. The highest BCUT2D eigenvalue weighted by molar-refractivity contribution is 5.96. The van der Waals surface area contributed by atoms with Crippen LogP contribution in [0.2, 0.25) is 0 Å². The highest BCUT2D eigenvalue weighted by Crippen LogP contribution is 2.20. The molecule has 0 radical (unpaired) electrons. The van der Waals surface area contributed by atoms with E-state index in [-0.39, 0.29) is 36.8 Å². The molecule has 3 amide bonds. The predicted molar refractivity (Wildman–Crippen MR) is 89.0 cm³/mol. The minimum atomic E-state index is -0.369. The van der Waals surface area contributed by atoms with Gasteiger partial charge in [0.15, 0.2) is 0 Å². The van der Waals surface area contributed by atoms with Crippen molar-refractivity contribution in [2.75, 3.05) is 11.4 Å². The number of carbonyl (C=O) groups is 2. The lowest BCUT2D eigenvalue weighted by Gasteiger charge is -2.17. The molecule has 24 heavy (non-hydrogen) atoms. The van der Waals surface area contributed by atoms with Gasteiger partial charge in [-0.2, -0.15) is 0 Å². The van der Waals surface area contributed by atoms with E-state index in [4.69, 9.17) is 0 Å². The van der Waals surface area contributed by atoms with E-state index in [0.29, 0.717) is 12.1 Å². The second kappa shape index (κ2) is 7.12. The van der Waals surface area contributed by atoms with Crippen LogP contribution in [0.4, 0.5) is 14.9 Å². The Morgan fingerprint density at radius 1 is 1.17 bits per heavy atom. The standard InChI is InChI=1S/C18H18FN3O2/c19-14-6-4-5-13(9-14)11-20-18(24)21-15-10-17(23)22(12-15)16-7-2-1-3-8-16/h1-9,15H,10-12H2,(H2,20,21,24)/t15-/m1/s1. The van der Waals surface area contributed by atoms with E-state index in [2.05, 4.69) is 10.6 Å². The molecule has 3 rings (SSSR count). The van der Waals surface area contributed by atoms with Crippen molar-refractivity contribution in [2.24, 2.45) is 0 Å². The smallest absolute Gasteiger partial charge is 0.315 e. The summed E-state index contributed by atoms with van der Waals surface area (Å²) in [6.07, 6.45) is 0.266. The molecule has 2 aromatic rings. The molecule has 0 unspecified atom stereocenters. The van der Waals surface area contributed by atoms with Crippen molar-refractivity contribution in [3.8, 4) is 0 Å². The molecule has 0 spiro atoms. The highest BCUT2D eigenvalue weighted by Gasteiger charge is 2.31. The van der Waals surface area contributed by atoms with E-state index < -0.39 is 0 Å². The summed E-state index contributed by atoms with van der Waals surface area (Å²) in [5.41, 5.74) is 1.51. The summed E-state index contributed by atoms with van der Waals surface area (Å²) in [4.78, 5) is 25.7. The molecule has 0 saturated carbocycles. The number of carbonyl (C=O) groups excluding carboxylic acids is 2. The highest BCUT2D eigenvalue weighted by atomic mass is 19.1. The third-order valence-corrected chi connectivity index (χ3v) is 3.87. The van der Waals surface area contributed by atoms with Gasteiger partial charge in [0.25, 0.3) is 0 Å². The average molecular weight is 327 g/mol. The SMILES string of the molecule is O=C(NCc1cccc(F)c1)N[C@@H]1CC(=O)N(c2ccccc2)C1. The number of hydrogen-bond acceptors (Lipinski definition) is 2. The Balaban J connectivity index is 1.51. The first-order valence-corrected chi connectivity index (χ1v) is 7.76. The van der Waals surface area contributed by atoms with Gasteiger partial charge in [0.05, 0.1) is 6.04 Å².